The van der Waals surface area contributed by atoms with E-state index in [0.717, 1.165) is 11.8 Å². The molecule has 0 radical (unpaired) electrons. The Bertz CT molecular complexity index is 474. The number of hydrogen-bond donors (Lipinski definition) is 2. The van der Waals surface area contributed by atoms with Crippen LogP contribution in [0.4, 0.5) is 15.9 Å². The highest BCUT2D eigenvalue weighted by Gasteiger charge is 2.02. The molecular formula is C10H10FN5. The van der Waals surface area contributed by atoms with Crippen LogP contribution in [0.1, 0.15) is 5.56 Å². The maximum atomic E-state index is 12.9. The summed E-state index contributed by atoms with van der Waals surface area (Å²) in [6.07, 6.45) is 5.86. The van der Waals surface area contributed by atoms with Gasteiger partial charge in [0.1, 0.15) is 18.0 Å². The normalized spacial score (nSPS) is 10.1. The van der Waals surface area contributed by atoms with Crippen LogP contribution in [0.3, 0.4) is 0 Å². The molecule has 82 valence electrons. The Labute approximate surface area is 91.6 Å². The van der Waals surface area contributed by atoms with Crippen LogP contribution in [-0.4, -0.2) is 15.0 Å². The average Bonchev–Trinajstić information content (AvgIpc) is 2.32. The third kappa shape index (κ3) is 2.41. The van der Waals surface area contributed by atoms with E-state index < -0.39 is 5.82 Å². The Morgan fingerprint density at radius 3 is 2.75 bits per heavy atom. The minimum Gasteiger partial charge on any atom is -0.382 e. The van der Waals surface area contributed by atoms with Crippen LogP contribution >= 0.6 is 0 Å². The van der Waals surface area contributed by atoms with Gasteiger partial charge in [-0.1, -0.05) is 0 Å². The lowest BCUT2D eigenvalue weighted by Gasteiger charge is -2.07. The molecule has 0 aliphatic carbocycles. The number of rotatable bonds is 3. The molecule has 0 saturated heterocycles. The van der Waals surface area contributed by atoms with Crippen molar-refractivity contribution in [3.8, 4) is 0 Å². The van der Waals surface area contributed by atoms with E-state index >= 15 is 0 Å². The van der Waals surface area contributed by atoms with E-state index in [4.69, 9.17) is 5.73 Å². The number of halogens is 1. The Kier molecular flexibility index (Phi) is 2.90. The first kappa shape index (κ1) is 10.3. The van der Waals surface area contributed by atoms with Crippen molar-refractivity contribution in [3.63, 3.8) is 0 Å². The minimum atomic E-state index is -0.430. The maximum Gasteiger partial charge on any atom is 0.147 e. The standard InChI is InChI=1S/C10H10FN5/c11-8-1-9(10(12)16-5-8)15-4-7-2-13-6-14-3-7/h1-3,5-6,15H,4H2,(H2,12,16). The third-order valence-electron chi connectivity index (χ3n) is 1.98. The Morgan fingerprint density at radius 2 is 2.00 bits per heavy atom. The third-order valence-corrected chi connectivity index (χ3v) is 1.98. The Balaban J connectivity index is 2.08. The van der Waals surface area contributed by atoms with Crippen molar-refractivity contribution in [1.29, 1.82) is 0 Å². The molecule has 0 fully saturated rings. The topological polar surface area (TPSA) is 76.7 Å². The van der Waals surface area contributed by atoms with Gasteiger partial charge in [0, 0.05) is 30.6 Å². The lowest BCUT2D eigenvalue weighted by Crippen LogP contribution is -2.04. The van der Waals surface area contributed by atoms with Gasteiger partial charge in [0.05, 0.1) is 11.9 Å². The first-order valence-corrected chi connectivity index (χ1v) is 4.64. The molecule has 0 aromatic carbocycles. The summed E-state index contributed by atoms with van der Waals surface area (Å²) in [4.78, 5) is 11.4. The molecule has 3 N–H and O–H groups in total. The molecule has 2 heterocycles. The highest BCUT2D eigenvalue weighted by molar-refractivity contribution is 5.61. The van der Waals surface area contributed by atoms with Crippen molar-refractivity contribution in [2.24, 2.45) is 0 Å². The van der Waals surface area contributed by atoms with Gasteiger partial charge in [0.25, 0.3) is 0 Å². The monoisotopic (exact) mass is 219 g/mol. The first-order chi connectivity index (χ1) is 7.75. The predicted octanol–water partition coefficient (Wildman–Crippen LogP) is 1.20. The summed E-state index contributed by atoms with van der Waals surface area (Å²) in [6, 6.07) is 1.30. The SMILES string of the molecule is Nc1ncc(F)cc1NCc1cncnc1. The Hall–Kier alpha value is -2.24. The number of nitrogens with zero attached hydrogens (tertiary/aromatic N) is 3. The van der Waals surface area contributed by atoms with Crippen LogP contribution in [0.15, 0.2) is 31.0 Å². The van der Waals surface area contributed by atoms with E-state index in [-0.39, 0.29) is 5.82 Å². The molecule has 0 spiro atoms. The van der Waals surface area contributed by atoms with E-state index in [1.807, 2.05) is 0 Å². The molecule has 0 aliphatic heterocycles. The van der Waals surface area contributed by atoms with Crippen molar-refractivity contribution in [3.05, 3.63) is 42.4 Å². The molecule has 16 heavy (non-hydrogen) atoms. The molecule has 6 heteroatoms. The van der Waals surface area contributed by atoms with Gasteiger partial charge in [-0.25, -0.2) is 19.3 Å². The summed E-state index contributed by atoms with van der Waals surface area (Å²) >= 11 is 0. The molecule has 5 nitrogen and oxygen atoms in total. The lowest BCUT2D eigenvalue weighted by atomic mass is 10.3. The fourth-order valence-electron chi connectivity index (χ4n) is 1.21. The first-order valence-electron chi connectivity index (χ1n) is 4.64. The summed E-state index contributed by atoms with van der Waals surface area (Å²) in [5.41, 5.74) is 6.92. The highest BCUT2D eigenvalue weighted by atomic mass is 19.1. The molecular weight excluding hydrogens is 209 g/mol. The van der Waals surface area contributed by atoms with Gasteiger partial charge in [-0.3, -0.25) is 0 Å². The quantitative estimate of drug-likeness (QED) is 0.811. The summed E-state index contributed by atoms with van der Waals surface area (Å²) in [6.45, 7) is 0.468. The lowest BCUT2D eigenvalue weighted by molar-refractivity contribution is 0.622. The zero-order chi connectivity index (χ0) is 11.4. The molecule has 2 aromatic rings. The largest absolute Gasteiger partial charge is 0.382 e. The van der Waals surface area contributed by atoms with Gasteiger partial charge < -0.3 is 11.1 Å². The number of hydrogen-bond acceptors (Lipinski definition) is 5. The second-order valence-corrected chi connectivity index (χ2v) is 3.19. The maximum absolute atomic E-state index is 12.9. The van der Waals surface area contributed by atoms with E-state index in [9.17, 15) is 4.39 Å². The number of nitrogen functional groups attached to an aromatic ring is 1. The summed E-state index contributed by atoms with van der Waals surface area (Å²) in [7, 11) is 0. The van der Waals surface area contributed by atoms with Crippen LogP contribution in [0, 0.1) is 5.82 Å². The van der Waals surface area contributed by atoms with Gasteiger partial charge in [-0.15, -0.1) is 0 Å². The molecule has 0 amide bonds. The van der Waals surface area contributed by atoms with Crippen LogP contribution in [0.2, 0.25) is 0 Å². The fraction of sp³-hybridized carbons (Fsp3) is 0.100. The van der Waals surface area contributed by atoms with E-state index in [1.54, 1.807) is 12.4 Å². The predicted molar refractivity (Wildman–Crippen MR) is 58.0 cm³/mol. The molecule has 2 aromatic heterocycles. The van der Waals surface area contributed by atoms with Gasteiger partial charge in [-0.05, 0) is 0 Å². The number of aromatic nitrogens is 3. The number of pyridine rings is 1. The van der Waals surface area contributed by atoms with Crippen LogP contribution in [-0.2, 0) is 6.54 Å². The minimum absolute atomic E-state index is 0.262. The number of anilines is 2. The van der Waals surface area contributed by atoms with E-state index in [1.165, 1.54) is 12.4 Å². The average molecular weight is 219 g/mol. The highest BCUT2D eigenvalue weighted by Crippen LogP contribution is 2.16. The fourth-order valence-corrected chi connectivity index (χ4v) is 1.21. The molecule has 2 rings (SSSR count). The van der Waals surface area contributed by atoms with E-state index in [0.29, 0.717) is 12.2 Å². The smallest absolute Gasteiger partial charge is 0.147 e. The van der Waals surface area contributed by atoms with Crippen LogP contribution in [0.5, 0.6) is 0 Å². The summed E-state index contributed by atoms with van der Waals surface area (Å²) < 4.78 is 12.9. The molecule has 0 aliphatic rings. The van der Waals surface area contributed by atoms with Crippen molar-refractivity contribution in [2.45, 2.75) is 6.54 Å². The van der Waals surface area contributed by atoms with Gasteiger partial charge in [0.15, 0.2) is 0 Å². The molecule has 0 unspecified atom stereocenters. The molecule has 0 bridgehead atoms. The Morgan fingerprint density at radius 1 is 1.25 bits per heavy atom. The summed E-state index contributed by atoms with van der Waals surface area (Å²) in [5.74, 6) is -0.167. The zero-order valence-corrected chi connectivity index (χ0v) is 8.39. The molecule has 0 saturated carbocycles. The van der Waals surface area contributed by atoms with Crippen LogP contribution in [0.25, 0.3) is 0 Å². The van der Waals surface area contributed by atoms with Crippen molar-refractivity contribution in [1.82, 2.24) is 15.0 Å². The second-order valence-electron chi connectivity index (χ2n) is 3.19. The summed E-state index contributed by atoms with van der Waals surface area (Å²) in [5, 5.41) is 2.96. The van der Waals surface area contributed by atoms with Gasteiger partial charge in [0.2, 0.25) is 0 Å². The van der Waals surface area contributed by atoms with Gasteiger partial charge in [-0.2, -0.15) is 0 Å². The van der Waals surface area contributed by atoms with Crippen molar-refractivity contribution >= 4 is 11.5 Å². The second kappa shape index (κ2) is 4.52. The number of nitrogens with one attached hydrogen (secondary N) is 1. The van der Waals surface area contributed by atoms with Gasteiger partial charge >= 0.3 is 0 Å². The van der Waals surface area contributed by atoms with E-state index in [2.05, 4.69) is 20.3 Å². The molecule has 0 atom stereocenters. The van der Waals surface area contributed by atoms with Crippen molar-refractivity contribution < 1.29 is 4.39 Å². The van der Waals surface area contributed by atoms with Crippen LogP contribution < -0.4 is 11.1 Å². The number of nitrogens with two attached hydrogens (primary N) is 1. The zero-order valence-electron chi connectivity index (χ0n) is 8.39. The van der Waals surface area contributed by atoms with Crippen molar-refractivity contribution in [2.75, 3.05) is 11.1 Å².